The van der Waals surface area contributed by atoms with Gasteiger partial charge in [-0.25, -0.2) is 0 Å². The van der Waals surface area contributed by atoms with Crippen LogP contribution in [0.15, 0.2) is 135 Å². The van der Waals surface area contributed by atoms with E-state index in [9.17, 15) is 0 Å². The van der Waals surface area contributed by atoms with E-state index < -0.39 is 5.41 Å². The molecule has 0 unspecified atom stereocenters. The van der Waals surface area contributed by atoms with E-state index in [-0.39, 0.29) is 5.41 Å². The van der Waals surface area contributed by atoms with E-state index in [1.54, 1.807) is 18.2 Å². The molecular formula is C38H40O3. The van der Waals surface area contributed by atoms with Crippen LogP contribution in [-0.2, 0) is 10.8 Å². The van der Waals surface area contributed by atoms with Gasteiger partial charge in [0.2, 0.25) is 0 Å². The highest BCUT2D eigenvalue weighted by Crippen LogP contribution is 2.41. The first kappa shape index (κ1) is 29.5. The lowest BCUT2D eigenvalue weighted by molar-refractivity contribution is 0.362. The fraction of sp³-hybridized carbons (Fsp3) is 0.211. The summed E-state index contributed by atoms with van der Waals surface area (Å²) in [5.41, 5.74) is 5.43. The second-order valence-electron chi connectivity index (χ2n) is 10.7. The minimum absolute atomic E-state index is 0.180. The van der Waals surface area contributed by atoms with E-state index in [4.69, 9.17) is 14.2 Å². The van der Waals surface area contributed by atoms with Gasteiger partial charge in [0.25, 0.3) is 0 Å². The third-order valence-electron chi connectivity index (χ3n) is 7.73. The number of hydrogen-bond acceptors (Lipinski definition) is 3. The lowest BCUT2D eigenvalue weighted by atomic mass is 9.70. The molecule has 3 heteroatoms. The Morgan fingerprint density at radius 1 is 0.439 bits per heavy atom. The van der Waals surface area contributed by atoms with Crippen molar-refractivity contribution in [1.82, 2.24) is 0 Å². The molecule has 0 aliphatic carbocycles. The van der Waals surface area contributed by atoms with Crippen molar-refractivity contribution in [2.45, 2.75) is 31.6 Å². The van der Waals surface area contributed by atoms with Crippen LogP contribution in [-0.4, -0.2) is 19.8 Å². The quantitative estimate of drug-likeness (QED) is 0.117. The van der Waals surface area contributed by atoms with Crippen molar-refractivity contribution < 1.29 is 14.2 Å². The summed E-state index contributed by atoms with van der Waals surface area (Å²) in [6.07, 6.45) is 5.26. The maximum absolute atomic E-state index is 5.75. The molecule has 4 aromatic rings. The zero-order valence-corrected chi connectivity index (χ0v) is 24.4. The Balaban J connectivity index is 1.70. The van der Waals surface area contributed by atoms with Gasteiger partial charge in [0.05, 0.1) is 0 Å². The Hall–Kier alpha value is -4.50. The van der Waals surface area contributed by atoms with Crippen molar-refractivity contribution >= 4 is 0 Å². The second kappa shape index (κ2) is 13.2. The predicted molar refractivity (Wildman–Crippen MR) is 171 cm³/mol. The number of rotatable bonds is 14. The summed E-state index contributed by atoms with van der Waals surface area (Å²) in [6, 6.07) is 34.0. The molecule has 0 aromatic heterocycles. The van der Waals surface area contributed by atoms with E-state index in [0.717, 1.165) is 17.2 Å². The molecule has 3 nitrogen and oxygen atoms in total. The fourth-order valence-corrected chi connectivity index (χ4v) is 5.09. The van der Waals surface area contributed by atoms with Crippen LogP contribution >= 0.6 is 0 Å². The third kappa shape index (κ3) is 6.63. The number of hydrogen-bond donors (Lipinski definition) is 0. The fourth-order valence-electron chi connectivity index (χ4n) is 5.09. The molecule has 0 fully saturated rings. The Kier molecular flexibility index (Phi) is 9.52. The lowest BCUT2D eigenvalue weighted by Gasteiger charge is -2.33. The van der Waals surface area contributed by atoms with Gasteiger partial charge in [0, 0.05) is 10.8 Å². The summed E-state index contributed by atoms with van der Waals surface area (Å²) in [5.74, 6) is 2.49. The molecule has 0 saturated heterocycles. The summed E-state index contributed by atoms with van der Waals surface area (Å²) in [6.45, 7) is 19.4. The summed E-state index contributed by atoms with van der Waals surface area (Å²) >= 11 is 0. The summed E-state index contributed by atoms with van der Waals surface area (Å²) < 4.78 is 17.2. The molecule has 41 heavy (non-hydrogen) atoms. The van der Waals surface area contributed by atoms with Crippen LogP contribution in [0, 0.1) is 0 Å². The molecule has 0 bridgehead atoms. The van der Waals surface area contributed by atoms with E-state index in [2.05, 4.69) is 101 Å². The molecule has 0 atom stereocenters. The zero-order chi connectivity index (χ0) is 29.3. The van der Waals surface area contributed by atoms with Gasteiger partial charge < -0.3 is 14.2 Å². The normalized spacial score (nSPS) is 11.4. The molecule has 0 heterocycles. The van der Waals surface area contributed by atoms with Gasteiger partial charge in [-0.1, -0.05) is 112 Å². The van der Waals surface area contributed by atoms with Crippen molar-refractivity contribution in [2.75, 3.05) is 19.8 Å². The third-order valence-corrected chi connectivity index (χ3v) is 7.73. The highest BCUT2D eigenvalue weighted by molar-refractivity contribution is 5.52. The Labute approximate surface area is 245 Å². The topological polar surface area (TPSA) is 27.7 Å². The number of benzene rings is 4. The van der Waals surface area contributed by atoms with E-state index >= 15 is 0 Å². The Bertz CT molecular complexity index is 1370. The van der Waals surface area contributed by atoms with Crippen LogP contribution in [0.5, 0.6) is 17.2 Å². The standard InChI is InChI=1S/C38H40O3/c1-7-26-39-34-20-14-30(15-21-34)37(4,5)29-10-12-31(13-11-29)38(6,32-16-22-35(23-17-32)40-27-8-2)33-18-24-36(25-19-33)41-28-9-3/h7-25H,1-3,26-28H2,4-6H3. The minimum atomic E-state index is -0.402. The van der Waals surface area contributed by atoms with Crippen molar-refractivity contribution in [3.63, 3.8) is 0 Å². The first-order valence-corrected chi connectivity index (χ1v) is 14.0. The molecule has 210 valence electrons. The first-order valence-electron chi connectivity index (χ1n) is 14.0. The SMILES string of the molecule is C=CCOc1ccc(C(C)(C)c2ccc(C(C)(c3ccc(OCC=C)cc3)c3ccc(OCC=C)cc3)cc2)cc1. The highest BCUT2D eigenvalue weighted by atomic mass is 16.5. The van der Waals surface area contributed by atoms with Gasteiger partial charge >= 0.3 is 0 Å². The monoisotopic (exact) mass is 544 g/mol. The van der Waals surface area contributed by atoms with Crippen LogP contribution in [0.2, 0.25) is 0 Å². The molecule has 0 radical (unpaired) electrons. The summed E-state index contributed by atoms with van der Waals surface area (Å²) in [5, 5.41) is 0. The molecular weight excluding hydrogens is 504 g/mol. The maximum Gasteiger partial charge on any atom is 0.119 e. The van der Waals surface area contributed by atoms with Gasteiger partial charge in [-0.3, -0.25) is 0 Å². The van der Waals surface area contributed by atoms with Gasteiger partial charge in [0.15, 0.2) is 0 Å². The van der Waals surface area contributed by atoms with E-state index in [1.165, 1.54) is 27.8 Å². The van der Waals surface area contributed by atoms with Crippen LogP contribution in [0.3, 0.4) is 0 Å². The lowest BCUT2D eigenvalue weighted by Crippen LogP contribution is -2.26. The molecule has 4 aromatic carbocycles. The van der Waals surface area contributed by atoms with Gasteiger partial charge in [-0.2, -0.15) is 0 Å². The number of ether oxygens (including phenoxy) is 3. The van der Waals surface area contributed by atoms with Crippen molar-refractivity contribution in [2.24, 2.45) is 0 Å². The van der Waals surface area contributed by atoms with Crippen molar-refractivity contribution in [3.8, 4) is 17.2 Å². The summed E-state index contributed by atoms with van der Waals surface area (Å²) in [4.78, 5) is 0. The van der Waals surface area contributed by atoms with Gasteiger partial charge in [0.1, 0.15) is 37.1 Å². The molecule has 0 amide bonds. The molecule has 0 aliphatic heterocycles. The maximum atomic E-state index is 5.75. The average Bonchev–Trinajstić information content (AvgIpc) is 3.02. The Morgan fingerprint density at radius 2 is 0.683 bits per heavy atom. The van der Waals surface area contributed by atoms with Crippen molar-refractivity contribution in [1.29, 1.82) is 0 Å². The van der Waals surface area contributed by atoms with Crippen LogP contribution in [0.25, 0.3) is 0 Å². The van der Waals surface area contributed by atoms with Gasteiger partial charge in [-0.15, -0.1) is 0 Å². The van der Waals surface area contributed by atoms with Crippen molar-refractivity contribution in [3.05, 3.63) is 163 Å². The minimum Gasteiger partial charge on any atom is -0.490 e. The van der Waals surface area contributed by atoms with E-state index in [0.29, 0.717) is 19.8 Å². The largest absolute Gasteiger partial charge is 0.490 e. The smallest absolute Gasteiger partial charge is 0.119 e. The zero-order valence-electron chi connectivity index (χ0n) is 24.4. The molecule has 0 spiro atoms. The van der Waals surface area contributed by atoms with Crippen LogP contribution < -0.4 is 14.2 Å². The summed E-state index contributed by atoms with van der Waals surface area (Å²) in [7, 11) is 0. The molecule has 4 rings (SSSR count). The second-order valence-corrected chi connectivity index (χ2v) is 10.7. The highest BCUT2D eigenvalue weighted by Gasteiger charge is 2.32. The molecule has 0 aliphatic rings. The average molecular weight is 545 g/mol. The first-order chi connectivity index (χ1) is 19.8. The van der Waals surface area contributed by atoms with E-state index in [1.807, 2.05) is 36.4 Å². The predicted octanol–water partition coefficient (Wildman–Crippen LogP) is 9.06. The molecule has 0 N–H and O–H groups in total. The van der Waals surface area contributed by atoms with Crippen LogP contribution in [0.4, 0.5) is 0 Å². The van der Waals surface area contributed by atoms with Crippen LogP contribution in [0.1, 0.15) is 48.6 Å². The van der Waals surface area contributed by atoms with Gasteiger partial charge in [-0.05, 0) is 71.1 Å². The Morgan fingerprint density at radius 3 is 0.976 bits per heavy atom. The molecule has 0 saturated carbocycles.